The summed E-state index contributed by atoms with van der Waals surface area (Å²) in [5, 5.41) is 3.10. The van der Waals surface area contributed by atoms with Crippen LogP contribution < -0.4 is 10.6 Å². The van der Waals surface area contributed by atoms with Gasteiger partial charge in [-0.05, 0) is 6.92 Å². The van der Waals surface area contributed by atoms with E-state index in [0.717, 1.165) is 37.0 Å². The number of aliphatic imine (C=N–C) groups is 1. The normalized spacial score (nSPS) is 16.5. The van der Waals surface area contributed by atoms with Gasteiger partial charge in [0.25, 0.3) is 0 Å². The van der Waals surface area contributed by atoms with Crippen molar-refractivity contribution in [2.75, 3.05) is 31.1 Å². The minimum atomic E-state index is 0.620. The molecule has 0 atom stereocenters. The van der Waals surface area contributed by atoms with Crippen molar-refractivity contribution in [3.8, 4) is 0 Å². The molecule has 0 saturated carbocycles. The van der Waals surface area contributed by atoms with Crippen LogP contribution >= 0.6 is 22.7 Å². The third-order valence-electron chi connectivity index (χ3n) is 3.52. The predicted molar refractivity (Wildman–Crippen MR) is 88.1 cm³/mol. The van der Waals surface area contributed by atoms with Gasteiger partial charge in [0, 0.05) is 42.6 Å². The van der Waals surface area contributed by atoms with Crippen molar-refractivity contribution in [2.45, 2.75) is 13.5 Å². The second-order valence-electron chi connectivity index (χ2n) is 4.82. The first kappa shape index (κ1) is 14.3. The number of rotatable bonds is 3. The van der Waals surface area contributed by atoms with E-state index in [9.17, 15) is 0 Å². The van der Waals surface area contributed by atoms with E-state index in [4.69, 9.17) is 5.73 Å². The molecule has 3 rings (SSSR count). The van der Waals surface area contributed by atoms with E-state index >= 15 is 0 Å². The van der Waals surface area contributed by atoms with Gasteiger partial charge in [0.05, 0.1) is 17.7 Å². The number of hydrogen-bond acceptors (Lipinski definition) is 6. The summed E-state index contributed by atoms with van der Waals surface area (Å²) in [7, 11) is 0. The molecule has 21 heavy (non-hydrogen) atoms. The van der Waals surface area contributed by atoms with Crippen LogP contribution in [0.4, 0.5) is 5.13 Å². The van der Waals surface area contributed by atoms with Crippen molar-refractivity contribution < 1.29 is 0 Å². The number of nitrogens with two attached hydrogens (primary N) is 1. The molecule has 0 radical (unpaired) electrons. The molecule has 112 valence electrons. The number of aryl methyl sites for hydroxylation is 1. The molecule has 0 unspecified atom stereocenters. The first-order valence-electron chi connectivity index (χ1n) is 6.82. The number of piperazine rings is 1. The fourth-order valence-corrected chi connectivity index (χ4v) is 3.63. The Morgan fingerprint density at radius 1 is 1.29 bits per heavy atom. The molecular weight excluding hydrogens is 304 g/mol. The molecule has 3 heterocycles. The predicted octanol–water partition coefficient (Wildman–Crippen LogP) is 1.54. The first-order valence-corrected chi connectivity index (χ1v) is 8.58. The zero-order chi connectivity index (χ0) is 14.7. The van der Waals surface area contributed by atoms with Gasteiger partial charge in [-0.1, -0.05) is 0 Å². The molecule has 1 saturated heterocycles. The fraction of sp³-hybridized carbons (Fsp3) is 0.462. The maximum absolute atomic E-state index is 6.11. The molecule has 0 aromatic carbocycles. The summed E-state index contributed by atoms with van der Waals surface area (Å²) < 4.78 is 0. The minimum Gasteiger partial charge on any atom is -0.370 e. The van der Waals surface area contributed by atoms with E-state index in [0.29, 0.717) is 12.5 Å². The highest BCUT2D eigenvalue weighted by Gasteiger charge is 2.19. The summed E-state index contributed by atoms with van der Waals surface area (Å²) >= 11 is 3.31. The average Bonchev–Trinajstić information content (AvgIpc) is 3.17. The molecule has 0 aliphatic carbocycles. The third-order valence-corrected chi connectivity index (χ3v) is 5.28. The van der Waals surface area contributed by atoms with Crippen molar-refractivity contribution in [3.63, 3.8) is 0 Å². The lowest BCUT2D eigenvalue weighted by molar-refractivity contribution is 0.380. The lowest BCUT2D eigenvalue weighted by Crippen LogP contribution is -2.51. The van der Waals surface area contributed by atoms with Crippen LogP contribution in [-0.2, 0) is 6.54 Å². The molecule has 8 heteroatoms. The zero-order valence-electron chi connectivity index (χ0n) is 11.9. The molecular formula is C13H18N6S2. The molecule has 2 aromatic rings. The van der Waals surface area contributed by atoms with Gasteiger partial charge in [-0.3, -0.25) is 0 Å². The lowest BCUT2D eigenvalue weighted by Gasteiger charge is -2.35. The summed E-state index contributed by atoms with van der Waals surface area (Å²) in [5.74, 6) is 0.626. The topological polar surface area (TPSA) is 70.6 Å². The molecule has 2 aromatic heterocycles. The van der Waals surface area contributed by atoms with Gasteiger partial charge in [-0.2, -0.15) is 0 Å². The Morgan fingerprint density at radius 3 is 2.71 bits per heavy atom. The van der Waals surface area contributed by atoms with Gasteiger partial charge in [0.15, 0.2) is 11.1 Å². The maximum atomic E-state index is 6.11. The van der Waals surface area contributed by atoms with Gasteiger partial charge < -0.3 is 15.5 Å². The minimum absolute atomic E-state index is 0.620. The molecule has 0 spiro atoms. The zero-order valence-corrected chi connectivity index (χ0v) is 13.5. The first-order chi connectivity index (χ1) is 10.2. The Morgan fingerprint density at radius 2 is 2.10 bits per heavy atom. The van der Waals surface area contributed by atoms with Gasteiger partial charge in [0.1, 0.15) is 0 Å². The molecule has 0 amide bonds. The number of thiazole rings is 2. The summed E-state index contributed by atoms with van der Waals surface area (Å²) in [4.78, 5) is 18.7. The molecule has 1 aliphatic heterocycles. The molecule has 1 aliphatic rings. The average molecular weight is 322 g/mol. The number of nitrogens with zero attached hydrogens (tertiary/aromatic N) is 5. The number of aromatic nitrogens is 2. The number of hydrogen-bond donors (Lipinski definition) is 1. The maximum Gasteiger partial charge on any atom is 0.191 e. The monoisotopic (exact) mass is 322 g/mol. The van der Waals surface area contributed by atoms with Crippen molar-refractivity contribution >= 4 is 33.8 Å². The second kappa shape index (κ2) is 6.40. The molecule has 0 bridgehead atoms. The van der Waals surface area contributed by atoms with Crippen LogP contribution in [0, 0.1) is 6.92 Å². The van der Waals surface area contributed by atoms with Crippen molar-refractivity contribution in [1.29, 1.82) is 0 Å². The van der Waals surface area contributed by atoms with Gasteiger partial charge in [-0.15, -0.1) is 22.7 Å². The number of anilines is 1. The van der Waals surface area contributed by atoms with Crippen LogP contribution in [0.1, 0.15) is 10.6 Å². The van der Waals surface area contributed by atoms with E-state index in [1.807, 2.05) is 24.0 Å². The van der Waals surface area contributed by atoms with Crippen LogP contribution in [0.15, 0.2) is 22.1 Å². The largest absolute Gasteiger partial charge is 0.370 e. The Bertz CT molecular complexity index is 598. The van der Waals surface area contributed by atoms with Crippen LogP contribution in [0.3, 0.4) is 0 Å². The van der Waals surface area contributed by atoms with E-state index < -0.39 is 0 Å². The van der Waals surface area contributed by atoms with Crippen LogP contribution in [0.25, 0.3) is 0 Å². The SMILES string of the molecule is Cc1ncsc1CN=C(N)N1CCN(c2nccs2)CC1. The summed E-state index contributed by atoms with van der Waals surface area (Å²) in [6.07, 6.45) is 1.85. The van der Waals surface area contributed by atoms with Crippen LogP contribution in [0.2, 0.25) is 0 Å². The fourth-order valence-electron chi connectivity index (χ4n) is 2.23. The lowest BCUT2D eigenvalue weighted by atomic mass is 10.3. The Kier molecular flexibility index (Phi) is 4.35. The smallest absolute Gasteiger partial charge is 0.191 e. The van der Waals surface area contributed by atoms with Crippen molar-refractivity contribution in [2.24, 2.45) is 10.7 Å². The Labute approximate surface area is 132 Å². The van der Waals surface area contributed by atoms with Gasteiger partial charge in [0.2, 0.25) is 0 Å². The Hall–Kier alpha value is -1.67. The van der Waals surface area contributed by atoms with Crippen LogP contribution in [-0.4, -0.2) is 47.0 Å². The standard InChI is InChI=1S/C13H18N6S2/c1-10-11(21-9-17-10)8-16-12(14)18-3-5-19(6-4-18)13-15-2-7-20-13/h2,7,9H,3-6,8H2,1H3,(H2,14,16). The molecule has 6 nitrogen and oxygen atoms in total. The summed E-state index contributed by atoms with van der Waals surface area (Å²) in [6, 6.07) is 0. The second-order valence-corrected chi connectivity index (χ2v) is 6.64. The van der Waals surface area contributed by atoms with Crippen LogP contribution in [0.5, 0.6) is 0 Å². The van der Waals surface area contributed by atoms with Gasteiger partial charge in [-0.25, -0.2) is 15.0 Å². The highest BCUT2D eigenvalue weighted by molar-refractivity contribution is 7.13. The summed E-state index contributed by atoms with van der Waals surface area (Å²) in [5.41, 5.74) is 9.00. The van der Waals surface area contributed by atoms with Crippen molar-refractivity contribution in [1.82, 2.24) is 14.9 Å². The molecule has 1 fully saturated rings. The third kappa shape index (κ3) is 3.33. The number of guanidine groups is 1. The van der Waals surface area contributed by atoms with Gasteiger partial charge >= 0.3 is 0 Å². The Balaban J connectivity index is 1.55. The van der Waals surface area contributed by atoms with E-state index in [1.165, 1.54) is 4.88 Å². The van der Waals surface area contributed by atoms with Crippen molar-refractivity contribution in [3.05, 3.63) is 27.7 Å². The van der Waals surface area contributed by atoms with E-state index in [-0.39, 0.29) is 0 Å². The highest BCUT2D eigenvalue weighted by Crippen LogP contribution is 2.19. The summed E-state index contributed by atoms with van der Waals surface area (Å²) in [6.45, 7) is 6.26. The quantitative estimate of drug-likeness (QED) is 0.686. The van der Waals surface area contributed by atoms with E-state index in [1.54, 1.807) is 22.7 Å². The highest BCUT2D eigenvalue weighted by atomic mass is 32.1. The van der Waals surface area contributed by atoms with E-state index in [2.05, 4.69) is 24.8 Å². The molecule has 2 N–H and O–H groups in total.